The van der Waals surface area contributed by atoms with Crippen molar-refractivity contribution in [2.24, 2.45) is 0 Å². The number of hydrogen-bond acceptors (Lipinski definition) is 3. The standard InChI is InChI=1S/C9H4Cl4N2O2S/c10-5-3-14-15(4-5)18(16,17)9-2-7(12)6(11)1-8(9)13/h1-4H. The van der Waals surface area contributed by atoms with Crippen molar-refractivity contribution in [2.45, 2.75) is 4.90 Å². The first kappa shape index (κ1) is 14.0. The van der Waals surface area contributed by atoms with Crippen molar-refractivity contribution in [1.82, 2.24) is 9.19 Å². The third-order valence-corrected chi connectivity index (χ3v) is 4.96. The number of benzene rings is 1. The second-order valence-electron chi connectivity index (χ2n) is 3.23. The van der Waals surface area contributed by atoms with Gasteiger partial charge in [-0.15, -0.1) is 0 Å². The van der Waals surface area contributed by atoms with Gasteiger partial charge >= 0.3 is 0 Å². The molecule has 0 atom stereocenters. The van der Waals surface area contributed by atoms with Crippen molar-refractivity contribution in [3.63, 3.8) is 0 Å². The number of hydrogen-bond donors (Lipinski definition) is 0. The van der Waals surface area contributed by atoms with Gasteiger partial charge in [0.25, 0.3) is 10.0 Å². The Hall–Kier alpha value is -0.460. The summed E-state index contributed by atoms with van der Waals surface area (Å²) in [5.74, 6) is 0. The quantitative estimate of drug-likeness (QED) is 0.779. The van der Waals surface area contributed by atoms with E-state index in [9.17, 15) is 8.42 Å². The van der Waals surface area contributed by atoms with Gasteiger partial charge in [-0.05, 0) is 12.1 Å². The first-order valence-electron chi connectivity index (χ1n) is 4.42. The van der Waals surface area contributed by atoms with E-state index in [4.69, 9.17) is 46.4 Å². The fraction of sp³-hybridized carbons (Fsp3) is 0. The van der Waals surface area contributed by atoms with Crippen LogP contribution in [0.1, 0.15) is 0 Å². The summed E-state index contributed by atoms with van der Waals surface area (Å²) in [5, 5.41) is 4.01. The predicted molar refractivity (Wildman–Crippen MR) is 71.3 cm³/mol. The Bertz CT molecular complexity index is 711. The Morgan fingerprint density at radius 2 is 1.61 bits per heavy atom. The lowest BCUT2D eigenvalue weighted by Crippen LogP contribution is -2.14. The van der Waals surface area contributed by atoms with E-state index in [1.807, 2.05) is 0 Å². The van der Waals surface area contributed by atoms with Crippen LogP contribution in [0.15, 0.2) is 29.4 Å². The monoisotopic (exact) mass is 344 g/mol. The van der Waals surface area contributed by atoms with Gasteiger partial charge < -0.3 is 0 Å². The molecule has 0 fully saturated rings. The van der Waals surface area contributed by atoms with Gasteiger partial charge in [-0.3, -0.25) is 0 Å². The highest BCUT2D eigenvalue weighted by molar-refractivity contribution is 7.90. The van der Waals surface area contributed by atoms with Crippen molar-refractivity contribution in [1.29, 1.82) is 0 Å². The minimum absolute atomic E-state index is 0.0453. The molecule has 0 aliphatic heterocycles. The van der Waals surface area contributed by atoms with Gasteiger partial charge in [0, 0.05) is 0 Å². The van der Waals surface area contributed by atoms with Crippen LogP contribution in [0, 0.1) is 0 Å². The molecule has 0 saturated carbocycles. The minimum Gasteiger partial charge on any atom is -0.199 e. The molecule has 0 N–H and O–H groups in total. The lowest BCUT2D eigenvalue weighted by molar-refractivity contribution is 0.580. The average Bonchev–Trinajstić information content (AvgIpc) is 2.70. The molecule has 0 aliphatic rings. The van der Waals surface area contributed by atoms with Crippen LogP contribution in [0.3, 0.4) is 0 Å². The highest BCUT2D eigenvalue weighted by Gasteiger charge is 2.22. The van der Waals surface area contributed by atoms with E-state index >= 15 is 0 Å². The molecule has 0 unspecified atom stereocenters. The Labute approximate surface area is 123 Å². The normalized spacial score (nSPS) is 11.8. The van der Waals surface area contributed by atoms with Crippen molar-refractivity contribution in [3.8, 4) is 0 Å². The second kappa shape index (κ2) is 4.90. The molecule has 18 heavy (non-hydrogen) atoms. The molecule has 0 bridgehead atoms. The van der Waals surface area contributed by atoms with Crippen LogP contribution in [0.2, 0.25) is 20.1 Å². The number of aromatic nitrogens is 2. The summed E-state index contributed by atoms with van der Waals surface area (Å²) in [6.07, 6.45) is 2.35. The summed E-state index contributed by atoms with van der Waals surface area (Å²) in [6, 6.07) is 2.42. The van der Waals surface area contributed by atoms with Gasteiger partial charge in [-0.25, -0.2) is 0 Å². The van der Waals surface area contributed by atoms with E-state index in [1.165, 1.54) is 12.3 Å². The second-order valence-corrected chi connectivity index (χ2v) is 6.66. The van der Waals surface area contributed by atoms with Gasteiger partial charge in [0.05, 0.1) is 32.5 Å². The minimum atomic E-state index is -3.94. The van der Waals surface area contributed by atoms with Crippen LogP contribution in [-0.2, 0) is 10.0 Å². The fourth-order valence-electron chi connectivity index (χ4n) is 1.22. The number of halogens is 4. The fourth-order valence-corrected chi connectivity index (χ4v) is 3.51. The molecular formula is C9H4Cl4N2O2S. The van der Waals surface area contributed by atoms with Gasteiger partial charge in [0.2, 0.25) is 0 Å². The molecular weight excluding hydrogens is 342 g/mol. The van der Waals surface area contributed by atoms with Gasteiger partial charge in [-0.1, -0.05) is 46.4 Å². The SMILES string of the molecule is O=S(=O)(c1cc(Cl)c(Cl)cc1Cl)n1cc(Cl)cn1. The summed E-state index contributed by atoms with van der Waals surface area (Å²) in [4.78, 5) is -0.196. The summed E-state index contributed by atoms with van der Waals surface area (Å²) in [7, 11) is -3.94. The van der Waals surface area contributed by atoms with E-state index in [-0.39, 0.29) is 25.0 Å². The first-order chi connectivity index (χ1) is 8.32. The third-order valence-electron chi connectivity index (χ3n) is 2.03. The van der Waals surface area contributed by atoms with E-state index < -0.39 is 10.0 Å². The van der Waals surface area contributed by atoms with Crippen molar-refractivity contribution < 1.29 is 8.42 Å². The van der Waals surface area contributed by atoms with Crippen molar-refractivity contribution in [3.05, 3.63) is 44.6 Å². The lowest BCUT2D eigenvalue weighted by atomic mass is 10.4. The Kier molecular flexibility index (Phi) is 3.80. The van der Waals surface area contributed by atoms with E-state index in [0.29, 0.717) is 4.09 Å². The summed E-state index contributed by atoms with van der Waals surface area (Å²) in [5.41, 5.74) is 0. The zero-order chi connectivity index (χ0) is 13.5. The summed E-state index contributed by atoms with van der Waals surface area (Å²) in [6.45, 7) is 0. The zero-order valence-electron chi connectivity index (χ0n) is 8.44. The number of rotatable bonds is 2. The molecule has 1 aromatic heterocycles. The highest BCUT2D eigenvalue weighted by atomic mass is 35.5. The average molecular weight is 346 g/mol. The van der Waals surface area contributed by atoms with Gasteiger partial charge in [-0.2, -0.15) is 17.6 Å². The summed E-state index contributed by atoms with van der Waals surface area (Å²) >= 11 is 23.0. The molecule has 1 heterocycles. The van der Waals surface area contributed by atoms with Crippen LogP contribution in [0.5, 0.6) is 0 Å². The van der Waals surface area contributed by atoms with Crippen LogP contribution in [-0.4, -0.2) is 17.6 Å². The molecule has 2 rings (SSSR count). The van der Waals surface area contributed by atoms with E-state index in [2.05, 4.69) is 5.10 Å². The maximum atomic E-state index is 12.2. The van der Waals surface area contributed by atoms with Crippen molar-refractivity contribution in [2.75, 3.05) is 0 Å². The van der Waals surface area contributed by atoms with Crippen LogP contribution in [0.25, 0.3) is 0 Å². The predicted octanol–water partition coefficient (Wildman–Crippen LogP) is 3.73. The topological polar surface area (TPSA) is 52.0 Å². The smallest absolute Gasteiger partial charge is 0.199 e. The molecule has 2 aromatic rings. The Morgan fingerprint density at radius 1 is 1.00 bits per heavy atom. The largest absolute Gasteiger partial charge is 0.284 e. The maximum absolute atomic E-state index is 12.2. The molecule has 0 radical (unpaired) electrons. The molecule has 0 amide bonds. The van der Waals surface area contributed by atoms with E-state index in [1.54, 1.807) is 0 Å². The third kappa shape index (κ3) is 2.46. The summed E-state index contributed by atoms with van der Waals surface area (Å²) < 4.78 is 25.1. The molecule has 4 nitrogen and oxygen atoms in total. The van der Waals surface area contributed by atoms with Crippen LogP contribution < -0.4 is 0 Å². The first-order valence-corrected chi connectivity index (χ1v) is 7.38. The van der Waals surface area contributed by atoms with Gasteiger partial charge in [0.15, 0.2) is 0 Å². The van der Waals surface area contributed by atoms with Crippen molar-refractivity contribution >= 4 is 56.4 Å². The van der Waals surface area contributed by atoms with E-state index in [0.717, 1.165) is 12.3 Å². The number of nitrogens with zero attached hydrogens (tertiary/aromatic N) is 2. The zero-order valence-corrected chi connectivity index (χ0v) is 12.3. The molecule has 0 saturated heterocycles. The Morgan fingerprint density at radius 3 is 2.17 bits per heavy atom. The lowest BCUT2D eigenvalue weighted by Gasteiger charge is -2.07. The molecule has 0 aliphatic carbocycles. The van der Waals surface area contributed by atoms with Crippen LogP contribution in [0.4, 0.5) is 0 Å². The Balaban J connectivity index is 2.65. The molecule has 1 aromatic carbocycles. The van der Waals surface area contributed by atoms with Crippen LogP contribution >= 0.6 is 46.4 Å². The maximum Gasteiger partial charge on any atom is 0.284 e. The molecule has 9 heteroatoms. The highest BCUT2D eigenvalue weighted by Crippen LogP contribution is 2.32. The van der Waals surface area contributed by atoms with Gasteiger partial charge in [0.1, 0.15) is 4.90 Å². The molecule has 0 spiro atoms. The molecule has 96 valence electrons.